The molecule has 4 heteroatoms. The molecule has 3 saturated carbocycles. The topological polar surface area (TPSA) is 42.6 Å². The number of hydrogen-bond acceptors (Lipinski definition) is 3. The Morgan fingerprint density at radius 2 is 1.82 bits per heavy atom. The van der Waals surface area contributed by atoms with Gasteiger partial charge < -0.3 is 13.9 Å². The van der Waals surface area contributed by atoms with E-state index >= 15 is 0 Å². The Labute approximate surface area is 202 Å². The van der Waals surface area contributed by atoms with E-state index in [1.165, 1.54) is 32.1 Å². The van der Waals surface area contributed by atoms with Crippen molar-refractivity contribution in [2.45, 2.75) is 116 Å². The summed E-state index contributed by atoms with van der Waals surface area (Å²) in [6.45, 7) is 16.9. The molecular weight excluding hydrogens is 424 g/mol. The van der Waals surface area contributed by atoms with Crippen molar-refractivity contribution in [3.05, 3.63) is 35.8 Å². The maximum absolute atomic E-state index is 12.0. The molecule has 1 N–H and O–H groups in total. The van der Waals surface area contributed by atoms with Crippen molar-refractivity contribution in [1.29, 1.82) is 0 Å². The van der Waals surface area contributed by atoms with Gasteiger partial charge in [0.2, 0.25) is 0 Å². The lowest BCUT2D eigenvalue weighted by atomic mass is 9.46. The molecule has 0 spiro atoms. The van der Waals surface area contributed by atoms with Gasteiger partial charge in [0.25, 0.3) is 0 Å². The lowest BCUT2D eigenvalue weighted by molar-refractivity contribution is -0.139. The third kappa shape index (κ3) is 3.26. The Kier molecular flexibility index (Phi) is 5.48. The third-order valence-corrected chi connectivity index (χ3v) is 16.0. The summed E-state index contributed by atoms with van der Waals surface area (Å²) in [5.74, 6) is 1.86. The second-order valence-electron chi connectivity index (χ2n) is 13.8. The molecular formula is C29H46O3Si. The van der Waals surface area contributed by atoms with E-state index in [0.29, 0.717) is 23.9 Å². The summed E-state index contributed by atoms with van der Waals surface area (Å²) < 4.78 is 12.7. The van der Waals surface area contributed by atoms with Gasteiger partial charge in [-0.05, 0) is 93.3 Å². The van der Waals surface area contributed by atoms with Gasteiger partial charge in [-0.1, -0.05) is 46.3 Å². The van der Waals surface area contributed by atoms with Crippen LogP contribution < -0.4 is 0 Å². The molecule has 3 nitrogen and oxygen atoms in total. The van der Waals surface area contributed by atoms with E-state index < -0.39 is 13.9 Å². The van der Waals surface area contributed by atoms with Gasteiger partial charge in [-0.25, -0.2) is 0 Å². The second kappa shape index (κ2) is 7.58. The molecule has 1 unspecified atom stereocenters. The minimum Gasteiger partial charge on any atom is -0.472 e. The van der Waals surface area contributed by atoms with E-state index in [1.54, 1.807) is 18.1 Å². The highest BCUT2D eigenvalue weighted by molar-refractivity contribution is 6.74. The van der Waals surface area contributed by atoms with Crippen LogP contribution in [-0.2, 0) is 10.0 Å². The molecule has 1 heterocycles. The average molecular weight is 471 g/mol. The minimum atomic E-state index is -1.85. The van der Waals surface area contributed by atoms with E-state index in [0.717, 1.165) is 24.8 Å². The van der Waals surface area contributed by atoms with Crippen molar-refractivity contribution in [3.8, 4) is 0 Å². The number of aliphatic hydroxyl groups is 1. The molecule has 4 aliphatic rings. The SMILES string of the molecule is CC(C)(C)[Si](C)(C)OC1CCCC2=CC[C@H]3[C@@H]4CC[C@@](O)(c5ccoc5)[C@@]4(C)CC[C@@H]3[C@]21C. The Hall–Kier alpha value is -0.843. The van der Waals surface area contributed by atoms with Crippen molar-refractivity contribution in [2.75, 3.05) is 0 Å². The van der Waals surface area contributed by atoms with Crippen LogP contribution in [-0.4, -0.2) is 19.5 Å². The zero-order valence-corrected chi connectivity index (χ0v) is 23.0. The van der Waals surface area contributed by atoms with Crippen LogP contribution in [0, 0.1) is 28.6 Å². The molecule has 0 aliphatic heterocycles. The number of furan rings is 1. The van der Waals surface area contributed by atoms with Gasteiger partial charge >= 0.3 is 0 Å². The van der Waals surface area contributed by atoms with Crippen molar-refractivity contribution < 1.29 is 13.9 Å². The minimum absolute atomic E-state index is 0.0792. The predicted octanol–water partition coefficient (Wildman–Crippen LogP) is 7.82. The molecule has 184 valence electrons. The van der Waals surface area contributed by atoms with Crippen LogP contribution in [0.2, 0.25) is 18.1 Å². The molecule has 0 bridgehead atoms. The maximum atomic E-state index is 12.0. The highest BCUT2D eigenvalue weighted by Gasteiger charge is 2.65. The van der Waals surface area contributed by atoms with Gasteiger partial charge in [0, 0.05) is 16.4 Å². The first-order valence-corrected chi connectivity index (χ1v) is 16.4. The predicted molar refractivity (Wildman–Crippen MR) is 136 cm³/mol. The molecule has 7 atom stereocenters. The highest BCUT2D eigenvalue weighted by Crippen LogP contribution is 2.69. The zero-order valence-electron chi connectivity index (χ0n) is 22.0. The van der Waals surface area contributed by atoms with E-state index in [-0.39, 0.29) is 15.9 Å². The highest BCUT2D eigenvalue weighted by atomic mass is 28.4. The molecule has 0 amide bonds. The lowest BCUT2D eigenvalue weighted by Gasteiger charge is -2.61. The maximum Gasteiger partial charge on any atom is 0.192 e. The Bertz CT molecular complexity index is 912. The summed E-state index contributed by atoms with van der Waals surface area (Å²) in [5, 5.41) is 12.2. The fourth-order valence-corrected chi connectivity index (χ4v) is 9.82. The van der Waals surface area contributed by atoms with Gasteiger partial charge in [0.1, 0.15) is 0 Å². The Balaban J connectivity index is 1.49. The largest absolute Gasteiger partial charge is 0.472 e. The van der Waals surface area contributed by atoms with Gasteiger partial charge in [0.15, 0.2) is 8.32 Å². The fourth-order valence-electron chi connectivity index (χ4n) is 8.40. The average Bonchev–Trinajstić information content (AvgIpc) is 3.35. The van der Waals surface area contributed by atoms with Gasteiger partial charge in [-0.2, -0.15) is 0 Å². The van der Waals surface area contributed by atoms with Crippen molar-refractivity contribution in [2.24, 2.45) is 28.6 Å². The number of rotatable bonds is 3. The molecule has 5 rings (SSSR count). The van der Waals surface area contributed by atoms with E-state index in [9.17, 15) is 5.11 Å². The summed E-state index contributed by atoms with van der Waals surface area (Å²) >= 11 is 0. The standard InChI is InChI=1S/C29H46O3Si/c1-26(2,3)33(6,7)32-25-10-8-9-20-11-12-22-23-14-17-29(30,21-15-18-31-19-21)27(23,4)16-13-24(22)28(20,25)5/h11,15,18-19,22-25,30H,8-10,12-14,16-17H2,1-7H3/t22-,23-,24-,25?,27-,28-,29+/m0/s1. The molecule has 0 saturated heterocycles. The van der Waals surface area contributed by atoms with Crippen LogP contribution in [0.1, 0.15) is 91.5 Å². The van der Waals surface area contributed by atoms with E-state index in [1.807, 2.05) is 6.07 Å². The van der Waals surface area contributed by atoms with Gasteiger partial charge in [0.05, 0.1) is 24.2 Å². The lowest BCUT2D eigenvalue weighted by Crippen LogP contribution is -2.58. The van der Waals surface area contributed by atoms with Crippen LogP contribution >= 0.6 is 0 Å². The summed E-state index contributed by atoms with van der Waals surface area (Å²) in [5.41, 5.74) is 1.98. The van der Waals surface area contributed by atoms with Gasteiger partial charge in [-0.15, -0.1) is 0 Å². The number of fused-ring (bicyclic) bond motifs is 5. The first-order chi connectivity index (χ1) is 15.3. The summed E-state index contributed by atoms with van der Waals surface area (Å²) in [7, 11) is -1.85. The smallest absolute Gasteiger partial charge is 0.192 e. The summed E-state index contributed by atoms with van der Waals surface area (Å²) in [4.78, 5) is 0. The zero-order chi connectivity index (χ0) is 23.9. The van der Waals surface area contributed by atoms with Crippen LogP contribution in [0.3, 0.4) is 0 Å². The molecule has 0 radical (unpaired) electrons. The molecule has 3 fully saturated rings. The van der Waals surface area contributed by atoms with E-state index in [4.69, 9.17) is 8.84 Å². The fraction of sp³-hybridized carbons (Fsp3) is 0.793. The molecule has 1 aromatic rings. The third-order valence-electron chi connectivity index (χ3n) is 11.5. The normalized spacial score (nSPS) is 43.5. The van der Waals surface area contributed by atoms with Crippen LogP contribution in [0.4, 0.5) is 0 Å². The Morgan fingerprint density at radius 1 is 1.09 bits per heavy atom. The van der Waals surface area contributed by atoms with Crippen LogP contribution in [0.5, 0.6) is 0 Å². The second-order valence-corrected chi connectivity index (χ2v) is 18.5. The molecule has 4 aliphatic carbocycles. The number of allylic oxidation sites excluding steroid dienone is 1. The summed E-state index contributed by atoms with van der Waals surface area (Å²) in [6.07, 6.45) is 15.6. The van der Waals surface area contributed by atoms with Crippen LogP contribution in [0.15, 0.2) is 34.7 Å². The molecule has 33 heavy (non-hydrogen) atoms. The first kappa shape index (κ1) is 23.9. The van der Waals surface area contributed by atoms with Crippen molar-refractivity contribution >= 4 is 8.32 Å². The van der Waals surface area contributed by atoms with Gasteiger partial charge in [-0.3, -0.25) is 0 Å². The van der Waals surface area contributed by atoms with Crippen molar-refractivity contribution in [3.63, 3.8) is 0 Å². The number of hydrogen-bond donors (Lipinski definition) is 1. The first-order valence-electron chi connectivity index (χ1n) is 13.5. The quantitative estimate of drug-likeness (QED) is 0.362. The summed E-state index contributed by atoms with van der Waals surface area (Å²) in [6, 6.07) is 1.99. The van der Waals surface area contributed by atoms with Crippen LogP contribution in [0.25, 0.3) is 0 Å². The van der Waals surface area contributed by atoms with Crippen molar-refractivity contribution in [1.82, 2.24) is 0 Å². The molecule has 0 aromatic carbocycles. The Morgan fingerprint density at radius 3 is 2.48 bits per heavy atom. The molecule has 1 aromatic heterocycles. The monoisotopic (exact) mass is 470 g/mol. The van der Waals surface area contributed by atoms with E-state index in [2.05, 4.69) is 53.8 Å².